The van der Waals surface area contributed by atoms with Crippen molar-refractivity contribution in [2.24, 2.45) is 0 Å². The largest absolute Gasteiger partial charge is 0.416 e. The predicted octanol–water partition coefficient (Wildman–Crippen LogP) is 5.55. The van der Waals surface area contributed by atoms with Gasteiger partial charge in [0.25, 0.3) is 0 Å². The summed E-state index contributed by atoms with van der Waals surface area (Å²) < 4.78 is 40.8. The number of aryl methyl sites for hydroxylation is 2. The summed E-state index contributed by atoms with van der Waals surface area (Å²) >= 11 is 0. The molecule has 7 heteroatoms. The van der Waals surface area contributed by atoms with E-state index in [9.17, 15) is 13.2 Å². The zero-order valence-corrected chi connectivity index (χ0v) is 17.9. The second-order valence-electron chi connectivity index (χ2n) is 8.19. The van der Waals surface area contributed by atoms with Gasteiger partial charge in [0, 0.05) is 31.0 Å². The molecule has 1 saturated heterocycles. The van der Waals surface area contributed by atoms with Gasteiger partial charge in [-0.1, -0.05) is 24.3 Å². The van der Waals surface area contributed by atoms with Crippen LogP contribution in [0.15, 0.2) is 48.8 Å². The van der Waals surface area contributed by atoms with Crippen molar-refractivity contribution in [2.75, 3.05) is 6.54 Å². The van der Waals surface area contributed by atoms with Crippen LogP contribution in [0, 0.1) is 6.92 Å². The van der Waals surface area contributed by atoms with Gasteiger partial charge in [0.1, 0.15) is 0 Å². The first-order valence-corrected chi connectivity index (χ1v) is 10.7. The minimum atomic E-state index is -4.32. The second-order valence-corrected chi connectivity index (χ2v) is 8.19. The molecule has 4 rings (SSSR count). The summed E-state index contributed by atoms with van der Waals surface area (Å²) in [5.74, 6) is 0. The molecule has 0 aliphatic carbocycles. The lowest BCUT2D eigenvalue weighted by atomic mass is 10.0. The van der Waals surface area contributed by atoms with Crippen molar-refractivity contribution in [2.45, 2.75) is 58.4 Å². The first kappa shape index (κ1) is 21.6. The van der Waals surface area contributed by atoms with Gasteiger partial charge in [0.05, 0.1) is 23.0 Å². The molecule has 1 fully saturated rings. The monoisotopic (exact) mass is 428 g/mol. The Hall–Kier alpha value is -2.67. The van der Waals surface area contributed by atoms with Crippen LogP contribution in [0.2, 0.25) is 0 Å². The van der Waals surface area contributed by atoms with Crippen molar-refractivity contribution in [1.82, 2.24) is 19.7 Å². The number of pyridine rings is 1. The Balaban J connectivity index is 1.45. The summed E-state index contributed by atoms with van der Waals surface area (Å²) in [4.78, 5) is 7.12. The summed E-state index contributed by atoms with van der Waals surface area (Å²) in [7, 11) is 0. The van der Waals surface area contributed by atoms with Gasteiger partial charge in [-0.3, -0.25) is 14.6 Å². The predicted molar refractivity (Wildman–Crippen MR) is 114 cm³/mol. The molecule has 2 aromatic heterocycles. The quantitative estimate of drug-likeness (QED) is 0.516. The Morgan fingerprint density at radius 3 is 2.65 bits per heavy atom. The minimum Gasteiger partial charge on any atom is -0.290 e. The van der Waals surface area contributed by atoms with Crippen LogP contribution in [-0.4, -0.2) is 26.2 Å². The molecule has 0 spiro atoms. The van der Waals surface area contributed by atoms with Crippen molar-refractivity contribution in [3.8, 4) is 0 Å². The van der Waals surface area contributed by atoms with Gasteiger partial charge < -0.3 is 0 Å². The number of rotatable bonds is 6. The number of likely N-dealkylation sites (tertiary alicyclic amines) is 1. The Kier molecular flexibility index (Phi) is 6.14. The minimum absolute atomic E-state index is 0.256. The molecule has 1 aliphatic rings. The lowest BCUT2D eigenvalue weighted by Gasteiger charge is -2.24. The molecular formula is C24H27F3N4. The van der Waals surface area contributed by atoms with E-state index in [0.717, 1.165) is 55.5 Å². The van der Waals surface area contributed by atoms with Crippen molar-refractivity contribution in [1.29, 1.82) is 0 Å². The van der Waals surface area contributed by atoms with Crippen LogP contribution < -0.4 is 0 Å². The third kappa shape index (κ3) is 4.98. The molecule has 0 unspecified atom stereocenters. The van der Waals surface area contributed by atoms with Crippen LogP contribution in [0.1, 0.15) is 59.4 Å². The fourth-order valence-electron chi connectivity index (χ4n) is 4.28. The highest BCUT2D eigenvalue weighted by atomic mass is 19.4. The Morgan fingerprint density at radius 1 is 1.13 bits per heavy atom. The van der Waals surface area contributed by atoms with E-state index in [1.165, 1.54) is 17.7 Å². The molecule has 3 heterocycles. The van der Waals surface area contributed by atoms with Crippen LogP contribution in [0.3, 0.4) is 0 Å². The molecule has 4 nitrogen and oxygen atoms in total. The fraction of sp³-hybridized carbons (Fsp3) is 0.417. The van der Waals surface area contributed by atoms with E-state index >= 15 is 0 Å². The molecule has 164 valence electrons. The molecule has 0 radical (unpaired) electrons. The van der Waals surface area contributed by atoms with Crippen LogP contribution in [-0.2, 0) is 25.7 Å². The Bertz CT molecular complexity index is 1020. The summed E-state index contributed by atoms with van der Waals surface area (Å²) in [6.07, 6.45) is 2.21. The molecule has 0 saturated carbocycles. The SMILES string of the molecule is CCn1cc(CN2CCC[C@@H]2c2ccc(Cc3cccc(C(F)(F)F)c3)cn2)c(C)n1. The molecule has 1 aromatic carbocycles. The van der Waals surface area contributed by atoms with Crippen LogP contribution >= 0.6 is 0 Å². The Morgan fingerprint density at radius 2 is 1.97 bits per heavy atom. The Labute approximate surface area is 180 Å². The highest BCUT2D eigenvalue weighted by molar-refractivity contribution is 5.30. The van der Waals surface area contributed by atoms with Gasteiger partial charge in [0.2, 0.25) is 0 Å². The smallest absolute Gasteiger partial charge is 0.290 e. The van der Waals surface area contributed by atoms with E-state index in [2.05, 4.69) is 28.1 Å². The van der Waals surface area contributed by atoms with Gasteiger partial charge in [-0.05, 0) is 62.9 Å². The number of nitrogens with zero attached hydrogens (tertiary/aromatic N) is 4. The number of halogens is 3. The third-order valence-electron chi connectivity index (χ3n) is 5.96. The number of alkyl halides is 3. The summed E-state index contributed by atoms with van der Waals surface area (Å²) in [6.45, 7) is 6.87. The zero-order valence-electron chi connectivity index (χ0n) is 17.9. The standard InChI is InChI=1S/C24H27F3N4/c1-3-31-16-20(17(2)29-31)15-30-11-5-8-23(30)22-10-9-19(14-28-22)12-18-6-4-7-21(13-18)24(25,26)27/h4,6-7,9-10,13-14,16,23H,3,5,8,11-12,15H2,1-2H3/t23-/m1/s1. The number of hydrogen-bond donors (Lipinski definition) is 0. The first-order valence-electron chi connectivity index (χ1n) is 10.7. The average molecular weight is 429 g/mol. The van der Waals surface area contributed by atoms with Crippen molar-refractivity contribution in [3.05, 3.63) is 82.4 Å². The molecule has 0 bridgehead atoms. The van der Waals surface area contributed by atoms with Crippen LogP contribution in [0.4, 0.5) is 13.2 Å². The van der Waals surface area contributed by atoms with E-state index in [-0.39, 0.29) is 6.04 Å². The maximum Gasteiger partial charge on any atom is 0.416 e. The molecule has 31 heavy (non-hydrogen) atoms. The van der Waals surface area contributed by atoms with Gasteiger partial charge in [-0.15, -0.1) is 0 Å². The van der Waals surface area contributed by atoms with Crippen molar-refractivity contribution >= 4 is 0 Å². The lowest BCUT2D eigenvalue weighted by Crippen LogP contribution is -2.23. The van der Waals surface area contributed by atoms with E-state index < -0.39 is 11.7 Å². The fourth-order valence-corrected chi connectivity index (χ4v) is 4.28. The maximum atomic E-state index is 12.9. The van der Waals surface area contributed by atoms with Crippen LogP contribution in [0.25, 0.3) is 0 Å². The highest BCUT2D eigenvalue weighted by Crippen LogP contribution is 2.33. The molecular weight excluding hydrogens is 401 g/mol. The van der Waals surface area contributed by atoms with Gasteiger partial charge in [-0.25, -0.2) is 0 Å². The van der Waals surface area contributed by atoms with E-state index in [4.69, 9.17) is 0 Å². The molecule has 1 aliphatic heterocycles. The highest BCUT2D eigenvalue weighted by Gasteiger charge is 2.30. The summed E-state index contributed by atoms with van der Waals surface area (Å²) in [5, 5.41) is 4.55. The van der Waals surface area contributed by atoms with Gasteiger partial charge in [0.15, 0.2) is 0 Å². The second kappa shape index (κ2) is 8.83. The van der Waals surface area contributed by atoms with Crippen molar-refractivity contribution < 1.29 is 13.2 Å². The molecule has 1 atom stereocenters. The number of aromatic nitrogens is 3. The number of benzene rings is 1. The first-order chi connectivity index (χ1) is 14.8. The van der Waals surface area contributed by atoms with Gasteiger partial charge in [-0.2, -0.15) is 18.3 Å². The van der Waals surface area contributed by atoms with E-state index in [1.807, 2.05) is 23.7 Å². The number of hydrogen-bond acceptors (Lipinski definition) is 3. The van der Waals surface area contributed by atoms with Gasteiger partial charge >= 0.3 is 6.18 Å². The molecule has 3 aromatic rings. The molecule has 0 amide bonds. The summed E-state index contributed by atoms with van der Waals surface area (Å²) in [5.41, 5.74) is 4.26. The topological polar surface area (TPSA) is 34.0 Å². The molecule has 0 N–H and O–H groups in total. The van der Waals surface area contributed by atoms with Crippen molar-refractivity contribution in [3.63, 3.8) is 0 Å². The average Bonchev–Trinajstić information content (AvgIpc) is 3.35. The van der Waals surface area contributed by atoms with Crippen LogP contribution in [0.5, 0.6) is 0 Å². The lowest BCUT2D eigenvalue weighted by molar-refractivity contribution is -0.137. The summed E-state index contributed by atoms with van der Waals surface area (Å²) in [6, 6.07) is 9.76. The van der Waals surface area contributed by atoms with E-state index in [0.29, 0.717) is 12.0 Å². The maximum absolute atomic E-state index is 12.9. The third-order valence-corrected chi connectivity index (χ3v) is 5.96. The zero-order chi connectivity index (χ0) is 22.0. The van der Waals surface area contributed by atoms with E-state index in [1.54, 1.807) is 12.3 Å². The normalized spacial score (nSPS) is 17.4.